The molecule has 33 heteroatoms. The van der Waals surface area contributed by atoms with Crippen LogP contribution in [0.15, 0.2) is 39.2 Å². The van der Waals surface area contributed by atoms with E-state index >= 15 is 0 Å². The van der Waals surface area contributed by atoms with Crippen LogP contribution in [0, 0.1) is 11.8 Å². The number of carboxylic acid groups (broad SMARTS) is 2. The molecule has 0 unspecified atom stereocenters. The largest absolute Gasteiger partial charge is 0.508 e. The molecule has 0 spiro atoms. The Balaban J connectivity index is 3.60. The lowest BCUT2D eigenvalue weighted by Gasteiger charge is -2.30. The molecular weight excluding hydrogens is 1090 g/mol. The number of nitrogens with two attached hydrogens (primary N) is 7. The summed E-state index contributed by atoms with van der Waals surface area (Å²) in [7, 11) is 0. The third-order valence-electron chi connectivity index (χ3n) is 12.9. The highest BCUT2D eigenvalue weighted by atomic mass is 16.4. The summed E-state index contributed by atoms with van der Waals surface area (Å²) in [5, 5.41) is 69.7. The molecule has 1 aromatic carbocycles. The Morgan fingerprint density at radius 2 is 0.867 bits per heavy atom. The number of hydrogen-bond acceptors (Lipinski definition) is 17. The molecule has 0 radical (unpaired) electrons. The number of carbonyl (C=O) groups excluding carboxylic acids is 8. The molecule has 12 atom stereocenters. The minimum atomic E-state index is -1.94. The van der Waals surface area contributed by atoms with Crippen molar-refractivity contribution in [3.63, 3.8) is 0 Å². The Bertz CT molecular complexity index is 2420. The fourth-order valence-corrected chi connectivity index (χ4v) is 7.74. The van der Waals surface area contributed by atoms with Crippen LogP contribution in [0.5, 0.6) is 5.75 Å². The summed E-state index contributed by atoms with van der Waals surface area (Å²) >= 11 is 0. The molecule has 0 aliphatic rings. The van der Waals surface area contributed by atoms with Crippen molar-refractivity contribution < 1.29 is 73.5 Å². The highest BCUT2D eigenvalue weighted by Gasteiger charge is 2.38. The van der Waals surface area contributed by atoms with Crippen LogP contribution < -0.4 is 82.7 Å². The van der Waals surface area contributed by atoms with Crippen molar-refractivity contribution in [1.29, 1.82) is 0 Å². The number of aliphatic imine (C=N–C) groups is 3. The predicted octanol–water partition coefficient (Wildman–Crippen LogP) is -6.67. The number of carboxylic acids is 2. The van der Waals surface area contributed by atoms with Gasteiger partial charge in [-0.3, -0.25) is 58.1 Å². The lowest BCUT2D eigenvalue weighted by atomic mass is 9.95. The SMILES string of the molecule is CC[C@H](C)[C@H](NC(=O)[C@H](Cc1ccc(O)cc1)NC(=O)[C@@H](NC(=O)[C@H](CC(=O)O)NC(=O)[C@H](CCCN=C(N)N)NC(=O)[C@@H](NC(=O)[C@@H](N)CCCN=C(N)N)[C@@H](C)O)[C@@H](C)CC)C(=O)N[C@@H](CO)C(=O)N[C@@H](CCCN=C(N)N)C(=O)O. The summed E-state index contributed by atoms with van der Waals surface area (Å²) in [6.07, 6.45) is -2.38. The lowest BCUT2D eigenvalue weighted by molar-refractivity contribution is -0.143. The maximum absolute atomic E-state index is 14.5. The van der Waals surface area contributed by atoms with Gasteiger partial charge in [-0.2, -0.15) is 0 Å². The Labute approximate surface area is 480 Å². The van der Waals surface area contributed by atoms with E-state index in [9.17, 15) is 73.5 Å². The second-order valence-corrected chi connectivity index (χ2v) is 19.7. The maximum Gasteiger partial charge on any atom is 0.326 e. The average molecular weight is 1180 g/mol. The molecule has 1 rings (SSSR count). The first-order chi connectivity index (χ1) is 38.9. The first kappa shape index (κ1) is 72.4. The van der Waals surface area contributed by atoms with Gasteiger partial charge in [0.05, 0.1) is 25.2 Å². The van der Waals surface area contributed by atoms with Crippen molar-refractivity contribution in [1.82, 2.24) is 42.5 Å². The second-order valence-electron chi connectivity index (χ2n) is 19.7. The number of benzene rings is 1. The smallest absolute Gasteiger partial charge is 0.326 e. The van der Waals surface area contributed by atoms with E-state index in [0.29, 0.717) is 5.56 Å². The molecule has 0 bridgehead atoms. The van der Waals surface area contributed by atoms with Crippen molar-refractivity contribution in [3.8, 4) is 5.75 Å². The average Bonchev–Trinajstić information content (AvgIpc) is 3.43. The summed E-state index contributed by atoms with van der Waals surface area (Å²) in [5.74, 6) is -13.6. The number of phenols is 1. The van der Waals surface area contributed by atoms with E-state index in [1.807, 2.05) is 0 Å². The summed E-state index contributed by atoms with van der Waals surface area (Å²) in [5.41, 5.74) is 38.5. The van der Waals surface area contributed by atoms with Gasteiger partial charge in [0.2, 0.25) is 47.3 Å². The maximum atomic E-state index is 14.5. The number of aliphatic carboxylic acids is 2. The molecule has 0 fully saturated rings. The standard InChI is InChI=1S/C50H86N18O15/c1-6-24(3)36(67-42(77)33(22-35(72)73)63-40(75)30(12-9-19-59-49(54)55)61-46(81)38(26(5)70)68-39(74)29(51)11-8-18-58-48(52)53)44(79)64-32(21-27-14-16-28(71)17-15-27)41(76)66-37(25(4)7-2)45(80)65-34(23-69)43(78)62-31(47(82)83)13-10-20-60-50(56)57/h14-17,24-26,29-34,36-38,69-71H,6-13,18-23,51H2,1-5H3,(H,61,81)(H,62,78)(H,63,75)(H,64,79)(H,65,80)(H,66,76)(H,67,77)(H,68,74)(H,72,73)(H,82,83)(H4,52,53,58)(H4,54,55,59)(H4,56,57,60)/t24-,25-,26+,29-,30-,31-,32-,33-,34-,36-,37-,38-/m0/s1. The van der Waals surface area contributed by atoms with Crippen molar-refractivity contribution in [3.05, 3.63) is 29.8 Å². The Kier molecular flexibility index (Phi) is 32.7. The molecule has 0 aliphatic heterocycles. The number of aliphatic hydroxyl groups excluding tert-OH is 2. The summed E-state index contributed by atoms with van der Waals surface area (Å²) in [6, 6.07) is -8.69. The lowest BCUT2D eigenvalue weighted by Crippen LogP contribution is -2.62. The zero-order valence-electron chi connectivity index (χ0n) is 47.3. The van der Waals surface area contributed by atoms with Gasteiger partial charge in [-0.05, 0) is 75.0 Å². The number of amides is 8. The van der Waals surface area contributed by atoms with E-state index in [2.05, 4.69) is 57.5 Å². The molecule has 0 heterocycles. The van der Waals surface area contributed by atoms with Crippen LogP contribution in [0.4, 0.5) is 0 Å². The Hall–Kier alpha value is -8.59. The molecule has 0 saturated heterocycles. The minimum absolute atomic E-state index is 0.0100. The van der Waals surface area contributed by atoms with Crippen LogP contribution >= 0.6 is 0 Å². The van der Waals surface area contributed by atoms with E-state index in [0.717, 1.165) is 0 Å². The normalized spacial score (nSPS) is 15.3. The summed E-state index contributed by atoms with van der Waals surface area (Å²) in [6.45, 7) is 6.77. The van der Waals surface area contributed by atoms with Crippen molar-refractivity contribution >= 4 is 77.1 Å². The van der Waals surface area contributed by atoms with Gasteiger partial charge in [0.25, 0.3) is 0 Å². The van der Waals surface area contributed by atoms with Gasteiger partial charge in [0.1, 0.15) is 54.1 Å². The van der Waals surface area contributed by atoms with E-state index in [-0.39, 0.29) is 101 Å². The number of aromatic hydroxyl groups is 1. The van der Waals surface area contributed by atoms with Crippen molar-refractivity contribution in [2.75, 3.05) is 26.2 Å². The van der Waals surface area contributed by atoms with E-state index in [4.69, 9.17) is 40.1 Å². The fourth-order valence-electron chi connectivity index (χ4n) is 7.74. The van der Waals surface area contributed by atoms with Gasteiger partial charge in [-0.15, -0.1) is 0 Å². The zero-order valence-corrected chi connectivity index (χ0v) is 47.3. The number of carbonyl (C=O) groups is 10. The van der Waals surface area contributed by atoms with Crippen LogP contribution in [0.1, 0.15) is 98.0 Å². The molecule has 466 valence electrons. The highest BCUT2D eigenvalue weighted by Crippen LogP contribution is 2.16. The van der Waals surface area contributed by atoms with Crippen LogP contribution in [0.25, 0.3) is 0 Å². The number of aliphatic hydroxyl groups is 2. The van der Waals surface area contributed by atoms with E-state index in [1.165, 1.54) is 31.2 Å². The van der Waals surface area contributed by atoms with Crippen LogP contribution in [0.2, 0.25) is 0 Å². The molecule has 0 saturated carbocycles. The predicted molar refractivity (Wildman–Crippen MR) is 303 cm³/mol. The van der Waals surface area contributed by atoms with Crippen LogP contribution in [-0.4, -0.2) is 189 Å². The molecule has 0 aliphatic carbocycles. The van der Waals surface area contributed by atoms with Gasteiger partial charge >= 0.3 is 11.9 Å². The monoisotopic (exact) mass is 1180 g/mol. The molecule has 27 N–H and O–H groups in total. The first-order valence-corrected chi connectivity index (χ1v) is 26.8. The van der Waals surface area contributed by atoms with Crippen LogP contribution in [-0.2, 0) is 54.4 Å². The Morgan fingerprint density at radius 1 is 0.494 bits per heavy atom. The molecule has 33 nitrogen and oxygen atoms in total. The van der Waals surface area contributed by atoms with Crippen LogP contribution in [0.3, 0.4) is 0 Å². The summed E-state index contributed by atoms with van der Waals surface area (Å²) in [4.78, 5) is 147. The molecule has 0 aromatic heterocycles. The van der Waals surface area contributed by atoms with Crippen molar-refractivity contribution in [2.24, 2.45) is 66.9 Å². The first-order valence-electron chi connectivity index (χ1n) is 26.8. The van der Waals surface area contributed by atoms with Gasteiger partial charge in [-0.25, -0.2) is 4.79 Å². The number of nitrogens with one attached hydrogen (secondary N) is 8. The number of guanidine groups is 3. The molecular formula is C50H86N18O15. The summed E-state index contributed by atoms with van der Waals surface area (Å²) < 4.78 is 0. The fraction of sp³-hybridized carbons (Fsp3) is 0.620. The second kappa shape index (κ2) is 37.4. The van der Waals surface area contributed by atoms with E-state index < -0.39 is 145 Å². The van der Waals surface area contributed by atoms with Gasteiger partial charge in [0, 0.05) is 26.1 Å². The van der Waals surface area contributed by atoms with Gasteiger partial charge in [0.15, 0.2) is 17.9 Å². The van der Waals surface area contributed by atoms with Gasteiger partial charge < -0.3 is 108 Å². The minimum Gasteiger partial charge on any atom is -0.508 e. The zero-order chi connectivity index (χ0) is 63.1. The van der Waals surface area contributed by atoms with Gasteiger partial charge in [-0.1, -0.05) is 52.7 Å². The topological polar surface area (TPSA) is 587 Å². The molecule has 83 heavy (non-hydrogen) atoms. The quantitative estimate of drug-likeness (QED) is 0.0166. The highest BCUT2D eigenvalue weighted by molar-refractivity contribution is 5.99. The number of rotatable bonds is 39. The third kappa shape index (κ3) is 27.6. The number of hydrogen-bond donors (Lipinski definition) is 20. The Morgan fingerprint density at radius 3 is 1.30 bits per heavy atom. The molecule has 1 aromatic rings. The third-order valence-corrected chi connectivity index (χ3v) is 12.9. The van der Waals surface area contributed by atoms with Crippen molar-refractivity contribution in [2.45, 2.75) is 159 Å². The number of nitrogens with zero attached hydrogens (tertiary/aromatic N) is 3. The van der Waals surface area contributed by atoms with E-state index in [1.54, 1.807) is 27.7 Å². The molecule has 8 amide bonds. The number of phenolic OH excluding ortho intramolecular Hbond substituents is 1.